The molecule has 0 spiro atoms. The van der Waals surface area contributed by atoms with Crippen LogP contribution >= 0.6 is 23.4 Å². The topological polar surface area (TPSA) is 41.5 Å². The molecule has 35 heavy (non-hydrogen) atoms. The molecule has 0 atom stereocenters. The summed E-state index contributed by atoms with van der Waals surface area (Å²) in [5.41, 5.74) is 4.17. The first-order valence-corrected chi connectivity index (χ1v) is 12.5. The molecule has 0 saturated carbocycles. The maximum atomic E-state index is 14.8. The molecule has 3 nitrogen and oxygen atoms in total. The van der Waals surface area contributed by atoms with Gasteiger partial charge in [0.25, 0.3) is 5.91 Å². The molecule has 0 unspecified atom stereocenters. The molecule has 3 aromatic rings. The highest BCUT2D eigenvalue weighted by Gasteiger charge is 2.23. The van der Waals surface area contributed by atoms with Crippen LogP contribution in [0.4, 0.5) is 4.39 Å². The van der Waals surface area contributed by atoms with Crippen LogP contribution in [0.2, 0.25) is 5.02 Å². The summed E-state index contributed by atoms with van der Waals surface area (Å²) in [4.78, 5) is 19.9. The molecule has 174 valence electrons. The van der Waals surface area contributed by atoms with Crippen LogP contribution in [0.5, 0.6) is 0 Å². The van der Waals surface area contributed by atoms with Crippen molar-refractivity contribution < 1.29 is 9.18 Å². The fraction of sp³-hybridized carbons (Fsp3) is 0.103. The Kier molecular flexibility index (Phi) is 6.98. The zero-order chi connectivity index (χ0) is 24.2. The van der Waals surface area contributed by atoms with Crippen LogP contribution in [-0.4, -0.2) is 18.2 Å². The van der Waals surface area contributed by atoms with Crippen molar-refractivity contribution in [3.8, 4) is 0 Å². The summed E-state index contributed by atoms with van der Waals surface area (Å²) in [7, 11) is 0. The zero-order valence-electron chi connectivity index (χ0n) is 18.8. The van der Waals surface area contributed by atoms with Crippen molar-refractivity contribution >= 4 is 35.0 Å². The van der Waals surface area contributed by atoms with E-state index in [-0.39, 0.29) is 11.7 Å². The van der Waals surface area contributed by atoms with Gasteiger partial charge in [-0.25, -0.2) is 9.38 Å². The molecule has 6 heteroatoms. The molecule has 0 aromatic heterocycles. The molecule has 0 radical (unpaired) electrons. The van der Waals surface area contributed by atoms with E-state index in [9.17, 15) is 9.18 Å². The summed E-state index contributed by atoms with van der Waals surface area (Å²) in [6, 6.07) is 22.1. The van der Waals surface area contributed by atoms with Gasteiger partial charge in [-0.15, -0.1) is 0 Å². The standard InChI is InChI=1S/C29H22ClFN2OS/c30-21-14-12-19(13-15-21)16-17-32-29(34)20-6-5-11-27-25(18-20)33-28(22-7-1-3-9-24(22)31)23-8-2-4-10-26(23)35-27/h1-4,6-15,18H,5,16-17H2,(H,32,34). The van der Waals surface area contributed by atoms with Crippen molar-refractivity contribution in [1.29, 1.82) is 0 Å². The minimum atomic E-state index is -0.330. The number of hydrogen-bond donors (Lipinski definition) is 1. The van der Waals surface area contributed by atoms with Crippen molar-refractivity contribution in [3.63, 3.8) is 0 Å². The second kappa shape index (κ2) is 10.5. The van der Waals surface area contributed by atoms with Crippen molar-refractivity contribution in [3.05, 3.63) is 135 Å². The molecular formula is C29H22ClFN2OS. The van der Waals surface area contributed by atoms with Crippen LogP contribution in [0.3, 0.4) is 0 Å². The Labute approximate surface area is 213 Å². The average Bonchev–Trinajstić information content (AvgIpc) is 3.15. The summed E-state index contributed by atoms with van der Waals surface area (Å²) < 4.78 is 14.8. The first-order chi connectivity index (χ1) is 17.1. The number of nitrogens with zero attached hydrogens (tertiary/aromatic N) is 1. The third kappa shape index (κ3) is 5.31. The number of benzene rings is 3. The summed E-state index contributed by atoms with van der Waals surface area (Å²) in [6.07, 6.45) is 7.08. The molecule has 0 fully saturated rings. The molecule has 1 aliphatic carbocycles. The Morgan fingerprint density at radius 3 is 2.51 bits per heavy atom. The van der Waals surface area contributed by atoms with Crippen molar-refractivity contribution in [2.75, 3.05) is 6.54 Å². The van der Waals surface area contributed by atoms with E-state index in [4.69, 9.17) is 16.6 Å². The quantitative estimate of drug-likeness (QED) is 0.415. The fourth-order valence-corrected chi connectivity index (χ4v) is 5.17. The number of nitrogens with one attached hydrogen (secondary N) is 1. The normalized spacial score (nSPS) is 14.8. The summed E-state index contributed by atoms with van der Waals surface area (Å²) >= 11 is 7.54. The largest absolute Gasteiger partial charge is 0.352 e. The minimum absolute atomic E-state index is 0.157. The molecule has 1 N–H and O–H groups in total. The van der Waals surface area contributed by atoms with Gasteiger partial charge >= 0.3 is 0 Å². The first kappa shape index (κ1) is 23.3. The van der Waals surface area contributed by atoms with E-state index >= 15 is 0 Å². The van der Waals surface area contributed by atoms with E-state index in [2.05, 4.69) is 11.4 Å². The summed E-state index contributed by atoms with van der Waals surface area (Å²) in [6.45, 7) is 0.505. The number of halogens is 2. The highest BCUT2D eigenvalue weighted by Crippen LogP contribution is 2.40. The lowest BCUT2D eigenvalue weighted by Gasteiger charge is -2.09. The number of amides is 1. The Morgan fingerprint density at radius 1 is 0.971 bits per heavy atom. The SMILES string of the molecule is O=C(NCCc1ccc(Cl)cc1)C1=CCC=C2Sc3ccccc3C(c3ccccc3F)=NC2=C1. The van der Waals surface area contributed by atoms with E-state index in [1.807, 2.05) is 54.6 Å². The molecule has 1 heterocycles. The third-order valence-corrected chi connectivity index (χ3v) is 7.21. The zero-order valence-corrected chi connectivity index (χ0v) is 20.4. The number of rotatable bonds is 5. The number of hydrogen-bond acceptors (Lipinski definition) is 3. The van der Waals surface area contributed by atoms with Crippen molar-refractivity contribution in [1.82, 2.24) is 5.32 Å². The summed E-state index contributed by atoms with van der Waals surface area (Å²) in [5.74, 6) is -0.487. The smallest absolute Gasteiger partial charge is 0.251 e. The molecule has 1 aliphatic heterocycles. The maximum Gasteiger partial charge on any atom is 0.251 e. The van der Waals surface area contributed by atoms with Gasteiger partial charge in [-0.05, 0) is 54.8 Å². The predicted molar refractivity (Wildman–Crippen MR) is 141 cm³/mol. The van der Waals surface area contributed by atoms with Gasteiger partial charge in [0.15, 0.2) is 0 Å². The maximum absolute atomic E-state index is 14.8. The van der Waals surface area contributed by atoms with Gasteiger partial charge in [-0.2, -0.15) is 0 Å². The molecule has 1 amide bonds. The first-order valence-electron chi connectivity index (χ1n) is 11.3. The van der Waals surface area contributed by atoms with Gasteiger partial charge in [0, 0.05) is 38.1 Å². The van der Waals surface area contributed by atoms with E-state index in [1.54, 1.807) is 36.0 Å². The number of carbonyl (C=O) groups is 1. The van der Waals surface area contributed by atoms with Gasteiger partial charge in [-0.3, -0.25) is 4.79 Å². The van der Waals surface area contributed by atoms with Gasteiger partial charge in [-0.1, -0.05) is 78.0 Å². The molecule has 0 saturated heterocycles. The van der Waals surface area contributed by atoms with E-state index in [1.165, 1.54) is 6.07 Å². The highest BCUT2D eigenvalue weighted by atomic mass is 35.5. The predicted octanol–water partition coefficient (Wildman–Crippen LogP) is 6.88. The van der Waals surface area contributed by atoms with Crippen LogP contribution in [0, 0.1) is 5.82 Å². The fourth-order valence-electron chi connectivity index (χ4n) is 4.00. The highest BCUT2D eigenvalue weighted by molar-refractivity contribution is 8.03. The van der Waals surface area contributed by atoms with E-state index in [0.29, 0.717) is 47.0 Å². The molecule has 0 bridgehead atoms. The third-order valence-electron chi connectivity index (χ3n) is 5.78. The number of aliphatic imine (C=N–C) groups is 1. The van der Waals surface area contributed by atoms with Crippen LogP contribution in [0.15, 0.2) is 117 Å². The Hall–Kier alpha value is -3.41. The van der Waals surface area contributed by atoms with Crippen LogP contribution in [0.25, 0.3) is 0 Å². The Morgan fingerprint density at radius 2 is 1.71 bits per heavy atom. The lowest BCUT2D eigenvalue weighted by molar-refractivity contribution is -0.117. The van der Waals surface area contributed by atoms with Crippen LogP contribution in [-0.2, 0) is 11.2 Å². The minimum Gasteiger partial charge on any atom is -0.352 e. The van der Waals surface area contributed by atoms with E-state index in [0.717, 1.165) is 20.9 Å². The summed E-state index contributed by atoms with van der Waals surface area (Å²) in [5, 5.41) is 3.69. The molecule has 3 aromatic carbocycles. The second-order valence-electron chi connectivity index (χ2n) is 8.16. The molecule has 5 rings (SSSR count). The van der Waals surface area contributed by atoms with Gasteiger partial charge in [0.2, 0.25) is 0 Å². The number of fused-ring (bicyclic) bond motifs is 2. The Bertz CT molecular complexity index is 1410. The lowest BCUT2D eigenvalue weighted by Crippen LogP contribution is -2.26. The second-order valence-corrected chi connectivity index (χ2v) is 9.68. The van der Waals surface area contributed by atoms with Crippen LogP contribution in [0.1, 0.15) is 23.1 Å². The van der Waals surface area contributed by atoms with Gasteiger partial charge < -0.3 is 5.32 Å². The number of thioether (sulfide) groups is 1. The van der Waals surface area contributed by atoms with Crippen LogP contribution < -0.4 is 5.32 Å². The monoisotopic (exact) mass is 500 g/mol. The van der Waals surface area contributed by atoms with Crippen molar-refractivity contribution in [2.24, 2.45) is 4.99 Å². The van der Waals surface area contributed by atoms with Crippen molar-refractivity contribution in [2.45, 2.75) is 17.7 Å². The van der Waals surface area contributed by atoms with E-state index < -0.39 is 0 Å². The Balaban J connectivity index is 1.43. The molecular weight excluding hydrogens is 479 g/mol. The average molecular weight is 501 g/mol. The lowest BCUT2D eigenvalue weighted by atomic mass is 10.0. The number of carbonyl (C=O) groups excluding carboxylic acids is 1. The van der Waals surface area contributed by atoms with Gasteiger partial charge in [0.1, 0.15) is 5.82 Å². The van der Waals surface area contributed by atoms with Gasteiger partial charge in [0.05, 0.1) is 11.4 Å². The number of allylic oxidation sites excluding steroid dienone is 2. The molecule has 2 aliphatic rings.